The number of carbonyl (C=O) groups excluding carboxylic acids is 1. The molecule has 0 aromatic carbocycles. The first-order chi connectivity index (χ1) is 9.66. The van der Waals surface area contributed by atoms with Gasteiger partial charge in [0.1, 0.15) is 12.7 Å². The molecule has 1 aliphatic heterocycles. The van der Waals surface area contributed by atoms with Gasteiger partial charge in [0.25, 0.3) is 0 Å². The van der Waals surface area contributed by atoms with Crippen molar-refractivity contribution in [1.29, 1.82) is 0 Å². The molecular formula is C14H25N5O. The van der Waals surface area contributed by atoms with Gasteiger partial charge < -0.3 is 9.80 Å². The Morgan fingerprint density at radius 1 is 1.40 bits per heavy atom. The molecule has 0 spiro atoms. The van der Waals surface area contributed by atoms with Crippen molar-refractivity contribution in [3.8, 4) is 0 Å². The van der Waals surface area contributed by atoms with Gasteiger partial charge in [-0.25, -0.2) is 4.98 Å². The second-order valence-electron chi connectivity index (χ2n) is 5.72. The van der Waals surface area contributed by atoms with Crippen molar-refractivity contribution in [3.05, 3.63) is 12.7 Å². The highest BCUT2D eigenvalue weighted by atomic mass is 16.2. The fraction of sp³-hybridized carbons (Fsp3) is 0.786. The number of hydrogen-bond acceptors (Lipinski definition) is 4. The van der Waals surface area contributed by atoms with E-state index >= 15 is 0 Å². The number of aromatic nitrogens is 3. The molecule has 1 amide bonds. The van der Waals surface area contributed by atoms with Gasteiger partial charge in [-0.15, -0.1) is 0 Å². The number of carbonyl (C=O) groups is 1. The first kappa shape index (κ1) is 15.0. The van der Waals surface area contributed by atoms with E-state index < -0.39 is 0 Å². The summed E-state index contributed by atoms with van der Waals surface area (Å²) in [7, 11) is 4.20. The molecule has 112 valence electrons. The van der Waals surface area contributed by atoms with Crippen molar-refractivity contribution < 1.29 is 4.79 Å². The van der Waals surface area contributed by atoms with E-state index in [1.54, 1.807) is 11.0 Å². The van der Waals surface area contributed by atoms with Gasteiger partial charge in [0.2, 0.25) is 5.91 Å². The van der Waals surface area contributed by atoms with E-state index in [1.807, 2.05) is 4.90 Å². The van der Waals surface area contributed by atoms with Crippen LogP contribution in [0.15, 0.2) is 12.7 Å². The lowest BCUT2D eigenvalue weighted by Crippen LogP contribution is -2.41. The van der Waals surface area contributed by atoms with E-state index in [0.29, 0.717) is 12.5 Å². The van der Waals surface area contributed by atoms with E-state index in [1.165, 1.54) is 19.2 Å². The Bertz CT molecular complexity index is 404. The molecule has 6 nitrogen and oxygen atoms in total. The number of aryl methyl sites for hydroxylation is 1. The molecule has 1 aromatic rings. The van der Waals surface area contributed by atoms with Gasteiger partial charge in [-0.2, -0.15) is 5.10 Å². The molecule has 0 unspecified atom stereocenters. The van der Waals surface area contributed by atoms with Gasteiger partial charge in [0.05, 0.1) is 0 Å². The molecule has 0 radical (unpaired) electrons. The summed E-state index contributed by atoms with van der Waals surface area (Å²) in [4.78, 5) is 20.5. The third-order valence-electron chi connectivity index (χ3n) is 3.97. The van der Waals surface area contributed by atoms with E-state index in [9.17, 15) is 4.79 Å². The minimum Gasteiger partial charge on any atom is -0.341 e. The van der Waals surface area contributed by atoms with Crippen molar-refractivity contribution in [2.24, 2.45) is 0 Å². The first-order valence-electron chi connectivity index (χ1n) is 7.43. The summed E-state index contributed by atoms with van der Waals surface area (Å²) in [6, 6.07) is 0.497. The molecule has 0 N–H and O–H groups in total. The van der Waals surface area contributed by atoms with Crippen molar-refractivity contribution in [3.63, 3.8) is 0 Å². The zero-order valence-electron chi connectivity index (χ0n) is 12.5. The Morgan fingerprint density at radius 3 is 2.95 bits per heavy atom. The lowest BCUT2D eigenvalue weighted by atomic mass is 10.1. The summed E-state index contributed by atoms with van der Waals surface area (Å²) in [5, 5.41) is 4.05. The van der Waals surface area contributed by atoms with Crippen LogP contribution in [-0.2, 0) is 11.3 Å². The molecule has 1 aliphatic rings. The molecule has 1 saturated heterocycles. The maximum atomic E-state index is 12.3. The van der Waals surface area contributed by atoms with Crippen molar-refractivity contribution in [2.75, 3.05) is 27.2 Å². The molecule has 6 heteroatoms. The van der Waals surface area contributed by atoms with Crippen molar-refractivity contribution in [2.45, 2.75) is 44.7 Å². The van der Waals surface area contributed by atoms with Crippen molar-refractivity contribution >= 4 is 5.91 Å². The number of likely N-dealkylation sites (tertiary alicyclic amines) is 1. The van der Waals surface area contributed by atoms with Crippen LogP contribution in [-0.4, -0.2) is 63.7 Å². The molecule has 0 aliphatic carbocycles. The third-order valence-corrected chi connectivity index (χ3v) is 3.97. The van der Waals surface area contributed by atoms with Crippen LogP contribution in [0.2, 0.25) is 0 Å². The molecule has 1 atom stereocenters. The van der Waals surface area contributed by atoms with Crippen LogP contribution >= 0.6 is 0 Å². The van der Waals surface area contributed by atoms with Gasteiger partial charge in [0, 0.05) is 32.1 Å². The Labute approximate surface area is 120 Å². The average Bonchev–Trinajstić information content (AvgIpc) is 2.80. The number of nitrogens with zero attached hydrogens (tertiary/aromatic N) is 5. The lowest BCUT2D eigenvalue weighted by Gasteiger charge is -2.28. The Kier molecular flexibility index (Phi) is 5.52. The highest BCUT2D eigenvalue weighted by Gasteiger charge is 2.22. The SMILES string of the molecule is CN(C)[C@H]1CCCCN(C(=O)CCCn2cncn2)C1. The van der Waals surface area contributed by atoms with E-state index in [-0.39, 0.29) is 5.91 Å². The minimum atomic E-state index is 0.277. The zero-order valence-corrected chi connectivity index (χ0v) is 12.5. The Hall–Kier alpha value is -1.43. The van der Waals surface area contributed by atoms with Crippen LogP contribution in [0.1, 0.15) is 32.1 Å². The topological polar surface area (TPSA) is 54.3 Å². The predicted molar refractivity (Wildman–Crippen MR) is 77.2 cm³/mol. The fourth-order valence-electron chi connectivity index (χ4n) is 2.67. The summed E-state index contributed by atoms with van der Waals surface area (Å²) in [6.45, 7) is 2.54. The predicted octanol–water partition coefficient (Wildman–Crippen LogP) is 1.00. The molecule has 2 heterocycles. The number of hydrogen-bond donors (Lipinski definition) is 0. The molecule has 1 fully saturated rings. The van der Waals surface area contributed by atoms with Crippen LogP contribution in [0.4, 0.5) is 0 Å². The number of amides is 1. The van der Waals surface area contributed by atoms with Crippen molar-refractivity contribution in [1.82, 2.24) is 24.6 Å². The number of likely N-dealkylation sites (N-methyl/N-ethyl adjacent to an activating group) is 1. The second-order valence-corrected chi connectivity index (χ2v) is 5.72. The fourth-order valence-corrected chi connectivity index (χ4v) is 2.67. The summed E-state index contributed by atoms with van der Waals surface area (Å²) < 4.78 is 1.78. The standard InChI is InChI=1S/C14H25N5O/c1-17(2)13-6-3-4-8-18(10-13)14(20)7-5-9-19-12-15-11-16-19/h11-13H,3-10H2,1-2H3/t13-/m0/s1. The molecule has 1 aromatic heterocycles. The minimum absolute atomic E-state index is 0.277. The van der Waals surface area contributed by atoms with Crippen LogP contribution in [0, 0.1) is 0 Å². The summed E-state index contributed by atoms with van der Waals surface area (Å²) in [5.74, 6) is 0.277. The monoisotopic (exact) mass is 279 g/mol. The largest absolute Gasteiger partial charge is 0.341 e. The van der Waals surface area contributed by atoms with E-state index in [2.05, 4.69) is 29.1 Å². The smallest absolute Gasteiger partial charge is 0.222 e. The van der Waals surface area contributed by atoms with E-state index in [0.717, 1.165) is 32.5 Å². The zero-order chi connectivity index (χ0) is 14.4. The van der Waals surface area contributed by atoms with Crippen LogP contribution in [0.3, 0.4) is 0 Å². The molecule has 20 heavy (non-hydrogen) atoms. The second kappa shape index (κ2) is 7.38. The average molecular weight is 279 g/mol. The van der Waals surface area contributed by atoms with Gasteiger partial charge in [-0.05, 0) is 33.4 Å². The highest BCUT2D eigenvalue weighted by molar-refractivity contribution is 5.76. The quantitative estimate of drug-likeness (QED) is 0.807. The van der Waals surface area contributed by atoms with Crippen LogP contribution < -0.4 is 0 Å². The summed E-state index contributed by atoms with van der Waals surface area (Å²) in [6.07, 6.45) is 8.17. The molecule has 0 saturated carbocycles. The summed E-state index contributed by atoms with van der Waals surface area (Å²) >= 11 is 0. The third kappa shape index (κ3) is 4.30. The lowest BCUT2D eigenvalue weighted by molar-refractivity contribution is -0.131. The van der Waals surface area contributed by atoms with Gasteiger partial charge in [0.15, 0.2) is 0 Å². The van der Waals surface area contributed by atoms with Crippen LogP contribution in [0.25, 0.3) is 0 Å². The van der Waals surface area contributed by atoms with Crippen LogP contribution in [0.5, 0.6) is 0 Å². The first-order valence-corrected chi connectivity index (χ1v) is 7.43. The number of rotatable bonds is 5. The maximum Gasteiger partial charge on any atom is 0.222 e. The molecular weight excluding hydrogens is 254 g/mol. The normalized spacial score (nSPS) is 20.1. The van der Waals surface area contributed by atoms with E-state index in [4.69, 9.17) is 0 Å². The Balaban J connectivity index is 1.78. The van der Waals surface area contributed by atoms with Gasteiger partial charge in [-0.3, -0.25) is 9.48 Å². The Morgan fingerprint density at radius 2 is 2.25 bits per heavy atom. The van der Waals surface area contributed by atoms with Gasteiger partial charge >= 0.3 is 0 Å². The molecule has 2 rings (SSSR count). The summed E-state index contributed by atoms with van der Waals surface area (Å²) in [5.41, 5.74) is 0. The highest BCUT2D eigenvalue weighted by Crippen LogP contribution is 2.15. The molecule has 0 bridgehead atoms. The maximum absolute atomic E-state index is 12.3. The van der Waals surface area contributed by atoms with Gasteiger partial charge in [-0.1, -0.05) is 6.42 Å².